The third-order valence-corrected chi connectivity index (χ3v) is 5.26. The van der Waals surface area contributed by atoms with Crippen molar-refractivity contribution >= 4 is 29.9 Å². The summed E-state index contributed by atoms with van der Waals surface area (Å²) in [4.78, 5) is 6.97. The van der Waals surface area contributed by atoms with Crippen LogP contribution >= 0.6 is 24.0 Å². The quantitative estimate of drug-likeness (QED) is 0.444. The molecule has 0 aromatic carbocycles. The first-order valence-corrected chi connectivity index (χ1v) is 8.44. The van der Waals surface area contributed by atoms with Crippen LogP contribution in [0.2, 0.25) is 0 Å². The Kier molecular flexibility index (Phi) is 7.05. The van der Waals surface area contributed by atoms with Gasteiger partial charge in [0.2, 0.25) is 0 Å². The lowest BCUT2D eigenvalue weighted by molar-refractivity contribution is 0.105. The first-order valence-electron chi connectivity index (χ1n) is 8.44. The van der Waals surface area contributed by atoms with Crippen molar-refractivity contribution in [3.8, 4) is 0 Å². The second-order valence-electron chi connectivity index (χ2n) is 6.61. The third kappa shape index (κ3) is 4.47. The highest BCUT2D eigenvalue weighted by atomic mass is 127. The number of ether oxygens (including phenoxy) is 1. The highest BCUT2D eigenvalue weighted by Crippen LogP contribution is 2.35. The average Bonchev–Trinajstić information content (AvgIpc) is 3.12. The van der Waals surface area contributed by atoms with Crippen LogP contribution in [0.1, 0.15) is 44.9 Å². The number of hydrogen-bond acceptors (Lipinski definition) is 2. The molecule has 1 aliphatic carbocycles. The first-order chi connectivity index (χ1) is 9.86. The van der Waals surface area contributed by atoms with E-state index < -0.39 is 0 Å². The predicted octanol–water partition coefficient (Wildman–Crippen LogP) is 2.87. The number of aliphatic imine (C=N–C) groups is 1. The van der Waals surface area contributed by atoms with Crippen LogP contribution in [0, 0.1) is 11.8 Å². The third-order valence-electron chi connectivity index (χ3n) is 5.26. The van der Waals surface area contributed by atoms with Crippen LogP contribution < -0.4 is 5.32 Å². The van der Waals surface area contributed by atoms with E-state index in [0.717, 1.165) is 37.4 Å². The molecule has 21 heavy (non-hydrogen) atoms. The number of nitrogens with one attached hydrogen (secondary N) is 1. The molecule has 2 saturated heterocycles. The van der Waals surface area contributed by atoms with Gasteiger partial charge < -0.3 is 15.0 Å². The van der Waals surface area contributed by atoms with Gasteiger partial charge in [0, 0.05) is 33.3 Å². The molecule has 0 bridgehead atoms. The number of likely N-dealkylation sites (tertiary alicyclic amines) is 1. The molecule has 3 aliphatic rings. The summed E-state index contributed by atoms with van der Waals surface area (Å²) in [6, 6.07) is 0. The average molecular weight is 407 g/mol. The number of halogens is 1. The molecule has 0 amide bonds. The van der Waals surface area contributed by atoms with Crippen LogP contribution in [0.15, 0.2) is 4.99 Å². The smallest absolute Gasteiger partial charge is 0.193 e. The van der Waals surface area contributed by atoms with E-state index in [-0.39, 0.29) is 24.0 Å². The molecule has 0 aromatic rings. The number of nitrogens with zero attached hydrogens (tertiary/aromatic N) is 2. The van der Waals surface area contributed by atoms with Crippen LogP contribution in [0.25, 0.3) is 0 Å². The molecule has 2 heterocycles. The molecule has 0 aromatic heterocycles. The van der Waals surface area contributed by atoms with Gasteiger partial charge in [0.05, 0.1) is 6.10 Å². The highest BCUT2D eigenvalue weighted by molar-refractivity contribution is 14.0. The Bertz CT molecular complexity index is 330. The van der Waals surface area contributed by atoms with Crippen LogP contribution in [0.5, 0.6) is 0 Å². The van der Waals surface area contributed by atoms with Crippen molar-refractivity contribution in [2.24, 2.45) is 16.8 Å². The SMILES string of the molecule is CN=C(NCCC1CCCO1)N1CC2CCCCC2C1.I. The molecule has 4 nitrogen and oxygen atoms in total. The zero-order valence-electron chi connectivity index (χ0n) is 13.2. The van der Waals surface area contributed by atoms with Crippen molar-refractivity contribution in [3.05, 3.63) is 0 Å². The fourth-order valence-electron chi connectivity index (χ4n) is 4.13. The highest BCUT2D eigenvalue weighted by Gasteiger charge is 2.35. The molecule has 3 rings (SSSR count). The summed E-state index contributed by atoms with van der Waals surface area (Å²) >= 11 is 0. The Morgan fingerprint density at radius 1 is 1.14 bits per heavy atom. The summed E-state index contributed by atoms with van der Waals surface area (Å²) < 4.78 is 5.68. The van der Waals surface area contributed by atoms with E-state index in [1.807, 2.05) is 7.05 Å². The second-order valence-corrected chi connectivity index (χ2v) is 6.61. The van der Waals surface area contributed by atoms with Crippen molar-refractivity contribution < 1.29 is 4.74 Å². The van der Waals surface area contributed by atoms with Crippen molar-refractivity contribution in [1.82, 2.24) is 10.2 Å². The minimum Gasteiger partial charge on any atom is -0.378 e. The van der Waals surface area contributed by atoms with E-state index in [4.69, 9.17) is 4.74 Å². The Morgan fingerprint density at radius 3 is 2.43 bits per heavy atom. The van der Waals surface area contributed by atoms with Gasteiger partial charge in [0.25, 0.3) is 0 Å². The van der Waals surface area contributed by atoms with Crippen molar-refractivity contribution in [2.45, 2.75) is 51.0 Å². The maximum absolute atomic E-state index is 5.68. The van der Waals surface area contributed by atoms with Gasteiger partial charge in [-0.15, -0.1) is 24.0 Å². The molecule has 122 valence electrons. The predicted molar refractivity (Wildman–Crippen MR) is 97.4 cm³/mol. The standard InChI is InChI=1S/C16H29N3O.HI/c1-17-16(18-9-8-15-7-4-10-20-15)19-11-13-5-2-3-6-14(13)12-19;/h13-15H,2-12H2,1H3,(H,17,18);1H. The zero-order valence-corrected chi connectivity index (χ0v) is 15.6. The van der Waals surface area contributed by atoms with E-state index in [1.165, 1.54) is 51.6 Å². The molecule has 2 aliphatic heterocycles. The molecule has 0 spiro atoms. The van der Waals surface area contributed by atoms with Gasteiger partial charge in [-0.2, -0.15) is 0 Å². The van der Waals surface area contributed by atoms with Crippen LogP contribution in [-0.4, -0.2) is 50.3 Å². The summed E-state index contributed by atoms with van der Waals surface area (Å²) in [6.07, 6.45) is 9.76. The summed E-state index contributed by atoms with van der Waals surface area (Å²) in [7, 11) is 1.91. The van der Waals surface area contributed by atoms with E-state index >= 15 is 0 Å². The molecule has 1 N–H and O–H groups in total. The number of hydrogen-bond donors (Lipinski definition) is 1. The maximum atomic E-state index is 5.68. The minimum atomic E-state index is 0. The van der Waals surface area contributed by atoms with E-state index in [9.17, 15) is 0 Å². The summed E-state index contributed by atoms with van der Waals surface area (Å²) in [5, 5.41) is 3.54. The molecule has 3 unspecified atom stereocenters. The second kappa shape index (κ2) is 8.56. The van der Waals surface area contributed by atoms with E-state index in [1.54, 1.807) is 0 Å². The number of fused-ring (bicyclic) bond motifs is 1. The van der Waals surface area contributed by atoms with Crippen LogP contribution in [0.4, 0.5) is 0 Å². The Labute approximate surface area is 146 Å². The lowest BCUT2D eigenvalue weighted by Gasteiger charge is -2.22. The largest absolute Gasteiger partial charge is 0.378 e. The van der Waals surface area contributed by atoms with E-state index in [2.05, 4.69) is 15.2 Å². The number of guanidine groups is 1. The number of rotatable bonds is 3. The Hall–Kier alpha value is -0.0400. The molecular weight excluding hydrogens is 377 g/mol. The summed E-state index contributed by atoms with van der Waals surface area (Å²) in [6.45, 7) is 4.37. The van der Waals surface area contributed by atoms with Gasteiger partial charge in [-0.05, 0) is 43.9 Å². The Balaban J connectivity index is 0.00000161. The normalized spacial score (nSPS) is 32.7. The van der Waals surface area contributed by atoms with Gasteiger partial charge in [0.1, 0.15) is 0 Å². The monoisotopic (exact) mass is 407 g/mol. The van der Waals surface area contributed by atoms with Gasteiger partial charge in [0.15, 0.2) is 5.96 Å². The molecule has 5 heteroatoms. The molecule has 1 saturated carbocycles. The zero-order chi connectivity index (χ0) is 13.8. The fraction of sp³-hybridized carbons (Fsp3) is 0.938. The molecular formula is C16H30IN3O. The van der Waals surface area contributed by atoms with Crippen LogP contribution in [-0.2, 0) is 4.74 Å². The minimum absolute atomic E-state index is 0. The molecule has 3 atom stereocenters. The van der Waals surface area contributed by atoms with Gasteiger partial charge in [-0.1, -0.05) is 12.8 Å². The molecule has 3 fully saturated rings. The maximum Gasteiger partial charge on any atom is 0.193 e. The van der Waals surface area contributed by atoms with E-state index in [0.29, 0.717) is 6.10 Å². The van der Waals surface area contributed by atoms with Crippen molar-refractivity contribution in [3.63, 3.8) is 0 Å². The van der Waals surface area contributed by atoms with Crippen molar-refractivity contribution in [2.75, 3.05) is 33.3 Å². The summed E-state index contributed by atoms with van der Waals surface area (Å²) in [5.74, 6) is 2.94. The van der Waals surface area contributed by atoms with Gasteiger partial charge in [-0.3, -0.25) is 4.99 Å². The topological polar surface area (TPSA) is 36.9 Å². The van der Waals surface area contributed by atoms with Gasteiger partial charge >= 0.3 is 0 Å². The fourth-order valence-corrected chi connectivity index (χ4v) is 4.13. The Morgan fingerprint density at radius 2 is 1.86 bits per heavy atom. The lowest BCUT2D eigenvalue weighted by atomic mass is 9.82. The van der Waals surface area contributed by atoms with Crippen LogP contribution in [0.3, 0.4) is 0 Å². The summed E-state index contributed by atoms with van der Waals surface area (Å²) in [5.41, 5.74) is 0. The lowest BCUT2D eigenvalue weighted by Crippen LogP contribution is -2.41. The first kappa shape index (κ1) is 17.3. The van der Waals surface area contributed by atoms with Gasteiger partial charge in [-0.25, -0.2) is 0 Å². The van der Waals surface area contributed by atoms with Crippen molar-refractivity contribution in [1.29, 1.82) is 0 Å². The molecule has 0 radical (unpaired) electrons.